The predicted molar refractivity (Wildman–Crippen MR) is 168 cm³/mol. The number of ether oxygens (including phenoxy) is 2. The van der Waals surface area contributed by atoms with Crippen molar-refractivity contribution in [2.45, 2.75) is 51.2 Å². The number of oxazole rings is 2. The first-order valence-electron chi connectivity index (χ1n) is 15.4. The second-order valence-corrected chi connectivity index (χ2v) is 11.3. The highest BCUT2D eigenvalue weighted by atomic mass is 16.5. The summed E-state index contributed by atoms with van der Waals surface area (Å²) >= 11 is 0. The standard InChI is InChI=1S/C32H38N8O4/c1-3-42-27-19-21(6-8-26(27)41-2)20-39-17-12-23(13-18-39)40(22-10-15-33-16-11-22)32-36-25-7-9-28(37-30(25)44-32)38-31-35-24-5-4-14-34-29(24)43-31/h4-9,14,19,22-23,33H,3,10-13,15-18,20H2,1-2H3,(H,35,37,38). The van der Waals surface area contributed by atoms with Crippen molar-refractivity contribution in [2.24, 2.45) is 0 Å². The first-order chi connectivity index (χ1) is 21.7. The van der Waals surface area contributed by atoms with Crippen LogP contribution in [-0.4, -0.2) is 76.8 Å². The molecule has 2 N–H and O–H groups in total. The molecule has 0 atom stereocenters. The summed E-state index contributed by atoms with van der Waals surface area (Å²) in [5.74, 6) is 2.14. The fourth-order valence-corrected chi connectivity index (χ4v) is 6.32. The average Bonchev–Trinajstić information content (AvgIpc) is 3.66. The maximum Gasteiger partial charge on any atom is 0.302 e. The second kappa shape index (κ2) is 12.7. The fraction of sp³-hybridized carbons (Fsp3) is 0.438. The van der Waals surface area contributed by atoms with Crippen molar-refractivity contribution in [1.82, 2.24) is 30.2 Å². The van der Waals surface area contributed by atoms with Crippen LogP contribution in [0.15, 0.2) is 57.5 Å². The predicted octanol–water partition coefficient (Wildman–Crippen LogP) is 5.13. The summed E-state index contributed by atoms with van der Waals surface area (Å²) in [4.78, 5) is 23.2. The first-order valence-corrected chi connectivity index (χ1v) is 15.4. The molecule has 12 heteroatoms. The first kappa shape index (κ1) is 28.4. The molecule has 6 heterocycles. The molecule has 0 amide bonds. The minimum Gasteiger partial charge on any atom is -0.493 e. The Bertz CT molecular complexity index is 1670. The van der Waals surface area contributed by atoms with Gasteiger partial charge in [-0.3, -0.25) is 10.2 Å². The Balaban J connectivity index is 1.07. The van der Waals surface area contributed by atoms with Crippen LogP contribution in [0.5, 0.6) is 11.5 Å². The largest absolute Gasteiger partial charge is 0.493 e. The minimum atomic E-state index is 0.331. The Morgan fingerprint density at radius 3 is 2.55 bits per heavy atom. The molecule has 2 aliphatic rings. The molecule has 2 saturated heterocycles. The molecule has 0 spiro atoms. The van der Waals surface area contributed by atoms with Crippen LogP contribution in [0, 0.1) is 0 Å². The number of hydrogen-bond donors (Lipinski definition) is 2. The van der Waals surface area contributed by atoms with Crippen molar-refractivity contribution in [2.75, 3.05) is 50.1 Å². The average molecular weight is 599 g/mol. The lowest BCUT2D eigenvalue weighted by Gasteiger charge is -2.43. The number of likely N-dealkylation sites (tertiary alicyclic amines) is 1. The zero-order valence-corrected chi connectivity index (χ0v) is 25.2. The van der Waals surface area contributed by atoms with E-state index in [1.54, 1.807) is 13.3 Å². The van der Waals surface area contributed by atoms with Crippen molar-refractivity contribution in [3.05, 3.63) is 54.2 Å². The number of nitrogens with one attached hydrogen (secondary N) is 2. The van der Waals surface area contributed by atoms with Crippen LogP contribution in [0.1, 0.15) is 38.2 Å². The topological polar surface area (TPSA) is 127 Å². The molecular weight excluding hydrogens is 560 g/mol. The van der Waals surface area contributed by atoms with Crippen molar-refractivity contribution < 1.29 is 18.3 Å². The van der Waals surface area contributed by atoms with Gasteiger partial charge in [-0.05, 0) is 87.7 Å². The molecular formula is C32H38N8O4. The molecule has 4 aromatic heterocycles. The van der Waals surface area contributed by atoms with Gasteiger partial charge in [-0.2, -0.15) is 15.0 Å². The number of nitrogens with zero attached hydrogens (tertiary/aromatic N) is 6. The Morgan fingerprint density at radius 2 is 1.75 bits per heavy atom. The zero-order valence-electron chi connectivity index (χ0n) is 25.2. The lowest BCUT2D eigenvalue weighted by Crippen LogP contribution is -2.52. The maximum atomic E-state index is 6.39. The van der Waals surface area contributed by atoms with E-state index in [1.165, 1.54) is 5.56 Å². The molecule has 0 saturated carbocycles. The van der Waals surface area contributed by atoms with Crippen LogP contribution in [-0.2, 0) is 6.54 Å². The molecule has 0 radical (unpaired) electrons. The normalized spacial score (nSPS) is 16.9. The van der Waals surface area contributed by atoms with Gasteiger partial charge in [-0.25, -0.2) is 4.98 Å². The van der Waals surface area contributed by atoms with Gasteiger partial charge < -0.3 is 28.5 Å². The highest BCUT2D eigenvalue weighted by Gasteiger charge is 2.34. The lowest BCUT2D eigenvalue weighted by atomic mass is 9.97. The number of fused-ring (bicyclic) bond motifs is 2. The molecule has 2 aliphatic heterocycles. The highest BCUT2D eigenvalue weighted by molar-refractivity contribution is 5.75. The van der Waals surface area contributed by atoms with E-state index < -0.39 is 0 Å². The third kappa shape index (κ3) is 6.00. The van der Waals surface area contributed by atoms with Gasteiger partial charge >= 0.3 is 6.01 Å². The zero-order chi connectivity index (χ0) is 29.9. The molecule has 0 unspecified atom stereocenters. The molecule has 230 valence electrons. The Hall–Kier alpha value is -4.42. The third-order valence-corrected chi connectivity index (χ3v) is 8.45. The van der Waals surface area contributed by atoms with E-state index in [9.17, 15) is 0 Å². The number of pyridine rings is 2. The number of aromatic nitrogens is 4. The van der Waals surface area contributed by atoms with Gasteiger partial charge in [0.2, 0.25) is 5.71 Å². The van der Waals surface area contributed by atoms with Crippen LogP contribution in [0.25, 0.3) is 22.5 Å². The molecule has 44 heavy (non-hydrogen) atoms. The molecule has 12 nitrogen and oxygen atoms in total. The van der Waals surface area contributed by atoms with E-state index in [4.69, 9.17) is 28.3 Å². The molecule has 7 rings (SSSR count). The van der Waals surface area contributed by atoms with E-state index in [0.717, 1.165) is 75.4 Å². The van der Waals surface area contributed by atoms with Crippen molar-refractivity contribution in [3.8, 4) is 11.5 Å². The van der Waals surface area contributed by atoms with Crippen LogP contribution in [0.3, 0.4) is 0 Å². The van der Waals surface area contributed by atoms with Gasteiger partial charge in [0.1, 0.15) is 16.9 Å². The molecule has 0 bridgehead atoms. The van der Waals surface area contributed by atoms with Gasteiger partial charge in [-0.1, -0.05) is 6.07 Å². The monoisotopic (exact) mass is 598 g/mol. The summed E-state index contributed by atoms with van der Waals surface area (Å²) in [6.45, 7) is 7.45. The quantitative estimate of drug-likeness (QED) is 0.221. The van der Waals surface area contributed by atoms with Crippen molar-refractivity contribution in [3.63, 3.8) is 0 Å². The van der Waals surface area contributed by atoms with E-state index in [-0.39, 0.29) is 0 Å². The molecule has 0 aliphatic carbocycles. The van der Waals surface area contributed by atoms with Crippen LogP contribution in [0.4, 0.5) is 17.8 Å². The molecule has 2 fully saturated rings. The summed E-state index contributed by atoms with van der Waals surface area (Å²) in [5.41, 5.74) is 3.60. The summed E-state index contributed by atoms with van der Waals surface area (Å²) in [7, 11) is 1.68. The summed E-state index contributed by atoms with van der Waals surface area (Å²) < 4.78 is 23.4. The number of benzene rings is 1. The number of piperidine rings is 2. The van der Waals surface area contributed by atoms with Crippen LogP contribution >= 0.6 is 0 Å². The number of hydrogen-bond acceptors (Lipinski definition) is 12. The van der Waals surface area contributed by atoms with Gasteiger partial charge in [-0.15, -0.1) is 0 Å². The minimum absolute atomic E-state index is 0.331. The Morgan fingerprint density at radius 1 is 0.932 bits per heavy atom. The number of methoxy groups -OCH3 is 1. The molecule has 1 aromatic carbocycles. The second-order valence-electron chi connectivity index (χ2n) is 11.3. The number of rotatable bonds is 10. The summed E-state index contributed by atoms with van der Waals surface area (Å²) in [6, 6.07) is 15.4. The van der Waals surface area contributed by atoms with Gasteiger partial charge in [0.15, 0.2) is 11.5 Å². The maximum absolute atomic E-state index is 6.39. The fourth-order valence-electron chi connectivity index (χ4n) is 6.32. The Labute approximate surface area is 255 Å². The van der Waals surface area contributed by atoms with Crippen molar-refractivity contribution in [1.29, 1.82) is 0 Å². The summed E-state index contributed by atoms with van der Waals surface area (Å²) in [6.07, 6.45) is 5.84. The van der Waals surface area contributed by atoms with Crippen molar-refractivity contribution >= 4 is 40.3 Å². The summed E-state index contributed by atoms with van der Waals surface area (Å²) in [5, 5.41) is 6.64. The molecule has 5 aromatic rings. The van der Waals surface area contributed by atoms with E-state index in [1.807, 2.05) is 37.3 Å². The van der Waals surface area contributed by atoms with E-state index >= 15 is 0 Å². The van der Waals surface area contributed by atoms with Gasteiger partial charge in [0.25, 0.3) is 11.7 Å². The highest BCUT2D eigenvalue weighted by Crippen LogP contribution is 2.33. The van der Waals surface area contributed by atoms with Crippen LogP contribution < -0.4 is 25.0 Å². The third-order valence-electron chi connectivity index (χ3n) is 8.45. The van der Waals surface area contributed by atoms with Gasteiger partial charge in [0, 0.05) is 37.9 Å². The van der Waals surface area contributed by atoms with Gasteiger partial charge in [0.05, 0.1) is 13.7 Å². The van der Waals surface area contributed by atoms with E-state index in [0.29, 0.717) is 53.5 Å². The lowest BCUT2D eigenvalue weighted by molar-refractivity contribution is 0.191. The van der Waals surface area contributed by atoms with Crippen LogP contribution in [0.2, 0.25) is 0 Å². The SMILES string of the molecule is CCOc1cc(CN2CCC(N(c3nc4ccc(Nc5nc6cccnc6o5)nc4o3)C3CCNCC3)CC2)ccc1OC. The number of anilines is 3. The van der Waals surface area contributed by atoms with E-state index in [2.05, 4.69) is 42.5 Å². The smallest absolute Gasteiger partial charge is 0.302 e. The Kier molecular flexibility index (Phi) is 8.16.